The van der Waals surface area contributed by atoms with Gasteiger partial charge in [0.2, 0.25) is 0 Å². The van der Waals surface area contributed by atoms with E-state index >= 15 is 0 Å². The van der Waals surface area contributed by atoms with E-state index in [2.05, 4.69) is 0 Å². The Morgan fingerprint density at radius 2 is 1.50 bits per heavy atom. The van der Waals surface area contributed by atoms with Crippen LogP contribution in [0.5, 0.6) is 0 Å². The first kappa shape index (κ1) is 5.50. The van der Waals surface area contributed by atoms with Crippen molar-refractivity contribution in [3.8, 4) is 5.69 Å². The third kappa shape index (κ3) is 3.50. The van der Waals surface area contributed by atoms with Gasteiger partial charge in [0.15, 0.2) is 0 Å². The van der Waals surface area contributed by atoms with Crippen LogP contribution in [0.2, 0.25) is 0 Å². The van der Waals surface area contributed by atoms with E-state index in [1.165, 1.54) is 0 Å². The Morgan fingerprint density at radius 1 is 1.33 bits per heavy atom. The third-order valence-corrected chi connectivity index (χ3v) is 0.380. The van der Waals surface area contributed by atoms with Crippen molar-refractivity contribution < 1.29 is 12.3 Å². The molecule has 0 aromatic rings. The van der Waals surface area contributed by atoms with Gasteiger partial charge in [-0.25, -0.2) is 12.3 Å². The van der Waals surface area contributed by atoms with E-state index in [4.69, 9.17) is 5.26 Å². The lowest BCUT2D eigenvalue weighted by molar-refractivity contribution is 0.502. The normalized spacial score (nSPS) is 10.3. The van der Waals surface area contributed by atoms with Crippen molar-refractivity contribution in [3.63, 3.8) is 0 Å². The zero-order chi connectivity index (χ0) is 5.21. The molecular weight excluding hydrogens is 111 g/mol. The lowest BCUT2D eigenvalue weighted by atomic mass is 11.8. The summed E-state index contributed by atoms with van der Waals surface area (Å²) in [7, 11) is -5.83. The summed E-state index contributed by atoms with van der Waals surface area (Å²) in [5, 5.41) is 7.09. The van der Waals surface area contributed by atoms with Crippen LogP contribution in [0.15, 0.2) is 0 Å². The van der Waals surface area contributed by atoms with Crippen LogP contribution in [0.3, 0.4) is 0 Å². The average molecular weight is 111 g/mol. The molecule has 0 aliphatic heterocycles. The monoisotopic (exact) mass is 111 g/mol. The zero-order valence-electron chi connectivity index (χ0n) is 2.58. The molecule has 34 valence electrons. The van der Waals surface area contributed by atoms with E-state index in [0.29, 0.717) is 0 Å². The predicted molar refractivity (Wildman–Crippen MR) is 14.7 cm³/mol. The van der Waals surface area contributed by atoms with Gasteiger partial charge in [0.25, 0.3) is 0 Å². The Morgan fingerprint density at radius 3 is 1.50 bits per heavy atom. The molecule has 0 aliphatic rings. The van der Waals surface area contributed by atoms with Crippen LogP contribution in [0.1, 0.15) is 0 Å². The van der Waals surface area contributed by atoms with Crippen LogP contribution < -0.4 is 0 Å². The van der Waals surface area contributed by atoms with Crippen molar-refractivity contribution >= 4 is 9.08 Å². The minimum atomic E-state index is -5.83. The van der Waals surface area contributed by atoms with Crippen molar-refractivity contribution in [3.05, 3.63) is 0 Å². The molecule has 0 spiro atoms. The molecule has 0 aromatic heterocycles. The molecule has 0 heterocycles. The van der Waals surface area contributed by atoms with E-state index in [-0.39, 0.29) is 5.69 Å². The molecule has 0 radical (unpaired) electrons. The van der Waals surface area contributed by atoms with Crippen LogP contribution in [-0.4, -0.2) is 9.08 Å². The minimum absolute atomic E-state index is 0.243. The molecule has 0 N–H and O–H groups in total. The quantitative estimate of drug-likeness (QED) is 0.336. The maximum atomic E-state index is 10.6. The van der Waals surface area contributed by atoms with E-state index in [1.807, 2.05) is 0 Å². The number of nitrogens with zero attached hydrogens (tertiary/aromatic N) is 1. The second kappa shape index (κ2) is 1.30. The third-order valence-electron chi connectivity index (χ3n) is 0.127. The molecule has 0 atom stereocenters. The molecule has 0 unspecified atom stereocenters. The molecule has 0 amide bonds. The molecule has 1 nitrogen and oxygen atoms in total. The van der Waals surface area contributed by atoms with Crippen LogP contribution in [0, 0.1) is 11.0 Å². The number of rotatable bonds is 0. The summed E-state index contributed by atoms with van der Waals surface area (Å²) < 4.78 is 31.7. The van der Waals surface area contributed by atoms with E-state index in [0.717, 1.165) is 0 Å². The van der Waals surface area contributed by atoms with Crippen LogP contribution >= 0.6 is 0 Å². The predicted octanol–water partition coefficient (Wildman–Crippen LogP) is 0.897. The Labute approximate surface area is 33.5 Å². The number of hydrogen-bond donors (Lipinski definition) is 0. The molecule has 0 saturated heterocycles. The zero-order valence-corrected chi connectivity index (χ0v) is 3.58. The van der Waals surface area contributed by atoms with Crippen molar-refractivity contribution in [1.82, 2.24) is 0 Å². The molecule has 0 fully saturated rings. The van der Waals surface area contributed by atoms with Crippen molar-refractivity contribution in [2.75, 3.05) is 0 Å². The van der Waals surface area contributed by atoms with E-state index in [9.17, 15) is 12.3 Å². The highest BCUT2D eigenvalue weighted by atomic mass is 28.5. The van der Waals surface area contributed by atoms with E-state index in [1.54, 1.807) is 0 Å². The second-order valence-corrected chi connectivity index (χ2v) is 1.83. The standard InChI is InChI=1S/CF3NSi/c2-6(3,4)1-5. The molecule has 5 heteroatoms. The van der Waals surface area contributed by atoms with Crippen molar-refractivity contribution in [2.45, 2.75) is 0 Å². The van der Waals surface area contributed by atoms with Gasteiger partial charge in [-0.15, -0.1) is 0 Å². The summed E-state index contributed by atoms with van der Waals surface area (Å²) in [6.07, 6.45) is 0. The van der Waals surface area contributed by atoms with Gasteiger partial charge in [-0.3, -0.25) is 0 Å². The summed E-state index contributed by atoms with van der Waals surface area (Å²) in [6, 6.07) is 0. The lowest BCUT2D eigenvalue weighted by Crippen LogP contribution is -2.09. The van der Waals surface area contributed by atoms with Gasteiger partial charge >= 0.3 is 9.08 Å². The maximum Gasteiger partial charge on any atom is 0.736 e. The van der Waals surface area contributed by atoms with Crippen molar-refractivity contribution in [2.24, 2.45) is 0 Å². The van der Waals surface area contributed by atoms with Gasteiger partial charge < -0.3 is 0 Å². The Hall–Kier alpha value is -0.503. The SMILES string of the molecule is N#C[Si](F)(F)F. The van der Waals surface area contributed by atoms with Crippen LogP contribution in [0.25, 0.3) is 0 Å². The Balaban J connectivity index is 3.55. The Bertz CT molecular complexity index is 77.8. The smallest absolute Gasteiger partial charge is 0.227 e. The minimum Gasteiger partial charge on any atom is -0.227 e. The molecule has 0 saturated carbocycles. The average Bonchev–Trinajstić information content (AvgIpc) is 1.35. The summed E-state index contributed by atoms with van der Waals surface area (Å²) in [5.41, 5.74) is 0.243. The van der Waals surface area contributed by atoms with Crippen LogP contribution in [-0.2, 0) is 0 Å². The molecule has 6 heavy (non-hydrogen) atoms. The van der Waals surface area contributed by atoms with Crippen molar-refractivity contribution in [1.29, 1.82) is 5.26 Å². The Kier molecular flexibility index (Phi) is 1.19. The molecule has 0 aliphatic carbocycles. The summed E-state index contributed by atoms with van der Waals surface area (Å²) in [5.74, 6) is 0. The summed E-state index contributed by atoms with van der Waals surface area (Å²) >= 11 is 0. The van der Waals surface area contributed by atoms with Gasteiger partial charge in [-0.1, -0.05) is 0 Å². The van der Waals surface area contributed by atoms with E-state index < -0.39 is 9.08 Å². The fourth-order valence-corrected chi connectivity index (χ4v) is 0. The highest BCUT2D eigenvalue weighted by molar-refractivity contribution is 6.66. The fourth-order valence-electron chi connectivity index (χ4n) is 0. The highest BCUT2D eigenvalue weighted by Crippen LogP contribution is 2.03. The molecular formula is CF3NSi. The molecule has 0 bridgehead atoms. The number of nitriles is 1. The largest absolute Gasteiger partial charge is 0.736 e. The molecule has 0 rings (SSSR count). The van der Waals surface area contributed by atoms with Gasteiger partial charge in [0, 0.05) is 0 Å². The second-order valence-electron chi connectivity index (χ2n) is 0.610. The van der Waals surface area contributed by atoms with Gasteiger partial charge in [-0.05, 0) is 0 Å². The highest BCUT2D eigenvalue weighted by Gasteiger charge is 2.37. The van der Waals surface area contributed by atoms with Gasteiger partial charge in [0.05, 0.1) is 0 Å². The fraction of sp³-hybridized carbons (Fsp3) is 0. The summed E-state index contributed by atoms with van der Waals surface area (Å²) in [6.45, 7) is 0. The van der Waals surface area contributed by atoms with Crippen LogP contribution in [0.4, 0.5) is 12.3 Å². The van der Waals surface area contributed by atoms with Gasteiger partial charge in [-0.2, -0.15) is 5.26 Å². The first-order valence-corrected chi connectivity index (χ1v) is 2.67. The number of hydrogen-bond acceptors (Lipinski definition) is 1. The number of halogens is 3. The topological polar surface area (TPSA) is 23.8 Å². The first-order valence-electron chi connectivity index (χ1n) is 1.04. The lowest BCUT2D eigenvalue weighted by Gasteiger charge is -1.78. The first-order chi connectivity index (χ1) is 2.56. The van der Waals surface area contributed by atoms with Gasteiger partial charge in [0.1, 0.15) is 5.69 Å². The summed E-state index contributed by atoms with van der Waals surface area (Å²) in [4.78, 5) is 0. The molecule has 0 aromatic carbocycles. The maximum absolute atomic E-state index is 10.6.